The molecule has 1 rings (SSSR count). The molecule has 3 nitrogen and oxygen atoms in total. The minimum absolute atomic E-state index is 0.0954. The van der Waals surface area contributed by atoms with Crippen LogP contribution < -0.4 is 0 Å². The monoisotopic (exact) mass is 257 g/mol. The van der Waals surface area contributed by atoms with E-state index in [1.54, 1.807) is 0 Å². The predicted octanol–water partition coefficient (Wildman–Crippen LogP) is 1.38. The number of thioether (sulfide) groups is 1. The molecule has 0 unspecified atom stereocenters. The van der Waals surface area contributed by atoms with Gasteiger partial charge in [-0.05, 0) is 31.7 Å². The second-order valence-corrected chi connectivity index (χ2v) is 7.53. The lowest BCUT2D eigenvalue weighted by atomic mass is 10.3. The van der Waals surface area contributed by atoms with Gasteiger partial charge in [-0.1, -0.05) is 0 Å². The van der Waals surface area contributed by atoms with Crippen molar-refractivity contribution in [2.45, 2.75) is 12.8 Å². The Hall–Kier alpha value is 0.550. The molecule has 1 aliphatic rings. The van der Waals surface area contributed by atoms with E-state index in [4.69, 9.17) is 10.7 Å². The van der Waals surface area contributed by atoms with Crippen molar-refractivity contribution in [1.29, 1.82) is 0 Å². The standard InChI is InChI=1S/C8H16ClNO2S2/c9-14(11,12)8-2-4-10-3-1-6-13-7-5-10/h1-8H2. The normalized spacial score (nSPS) is 20.6. The van der Waals surface area contributed by atoms with Crippen LogP contribution in [0.2, 0.25) is 0 Å². The number of hydrogen-bond donors (Lipinski definition) is 0. The van der Waals surface area contributed by atoms with Crippen molar-refractivity contribution in [3.63, 3.8) is 0 Å². The molecule has 0 bridgehead atoms. The number of nitrogens with zero attached hydrogens (tertiary/aromatic N) is 1. The van der Waals surface area contributed by atoms with E-state index in [1.807, 2.05) is 11.8 Å². The first-order chi connectivity index (χ1) is 6.58. The lowest BCUT2D eigenvalue weighted by molar-refractivity contribution is 0.297. The molecule has 0 saturated carbocycles. The van der Waals surface area contributed by atoms with Crippen LogP contribution in [-0.2, 0) is 9.05 Å². The fraction of sp³-hybridized carbons (Fsp3) is 1.00. The molecule has 1 saturated heterocycles. The summed E-state index contributed by atoms with van der Waals surface area (Å²) in [5.41, 5.74) is 0. The predicted molar refractivity (Wildman–Crippen MR) is 62.6 cm³/mol. The molecule has 1 heterocycles. The molecular formula is C8H16ClNO2S2. The molecule has 0 aliphatic carbocycles. The Morgan fingerprint density at radius 1 is 1.29 bits per heavy atom. The summed E-state index contributed by atoms with van der Waals surface area (Å²) < 4.78 is 21.4. The summed E-state index contributed by atoms with van der Waals surface area (Å²) >= 11 is 1.97. The van der Waals surface area contributed by atoms with Crippen LogP contribution >= 0.6 is 22.4 Å². The van der Waals surface area contributed by atoms with Gasteiger partial charge >= 0.3 is 0 Å². The molecule has 0 atom stereocenters. The topological polar surface area (TPSA) is 37.4 Å². The maximum absolute atomic E-state index is 10.7. The quantitative estimate of drug-likeness (QED) is 0.714. The van der Waals surface area contributed by atoms with Gasteiger partial charge in [-0.25, -0.2) is 8.42 Å². The van der Waals surface area contributed by atoms with Gasteiger partial charge < -0.3 is 4.90 Å². The van der Waals surface area contributed by atoms with Crippen LogP contribution in [0.25, 0.3) is 0 Å². The van der Waals surface area contributed by atoms with Gasteiger partial charge in [-0.2, -0.15) is 11.8 Å². The Morgan fingerprint density at radius 3 is 2.79 bits per heavy atom. The highest BCUT2D eigenvalue weighted by Crippen LogP contribution is 2.10. The summed E-state index contributed by atoms with van der Waals surface area (Å²) in [6, 6.07) is 0. The summed E-state index contributed by atoms with van der Waals surface area (Å²) in [4.78, 5) is 2.32. The van der Waals surface area contributed by atoms with Crippen LogP contribution in [0.5, 0.6) is 0 Å². The summed E-state index contributed by atoms with van der Waals surface area (Å²) in [5.74, 6) is 2.48. The zero-order valence-electron chi connectivity index (χ0n) is 8.12. The summed E-state index contributed by atoms with van der Waals surface area (Å²) in [6.07, 6.45) is 1.86. The lowest BCUT2D eigenvalue weighted by Crippen LogP contribution is -2.28. The van der Waals surface area contributed by atoms with Gasteiger partial charge in [0, 0.05) is 23.0 Å². The Labute approximate surface area is 94.6 Å². The molecule has 0 amide bonds. The number of rotatable bonds is 4. The fourth-order valence-electron chi connectivity index (χ4n) is 1.48. The molecule has 0 aromatic rings. The third-order valence-electron chi connectivity index (χ3n) is 2.18. The summed E-state index contributed by atoms with van der Waals surface area (Å²) in [5, 5.41) is 0. The zero-order valence-corrected chi connectivity index (χ0v) is 10.5. The molecule has 14 heavy (non-hydrogen) atoms. The van der Waals surface area contributed by atoms with Crippen LogP contribution in [0, 0.1) is 0 Å². The van der Waals surface area contributed by atoms with E-state index in [0.717, 1.165) is 25.4 Å². The smallest absolute Gasteiger partial charge is 0.232 e. The molecule has 0 radical (unpaired) electrons. The first-order valence-electron chi connectivity index (χ1n) is 4.80. The van der Waals surface area contributed by atoms with Gasteiger partial charge in [0.1, 0.15) is 0 Å². The molecule has 1 fully saturated rings. The Kier molecular flexibility index (Phi) is 5.59. The molecule has 1 aliphatic heterocycles. The van der Waals surface area contributed by atoms with Crippen molar-refractivity contribution in [2.24, 2.45) is 0 Å². The molecule has 0 aromatic carbocycles. The van der Waals surface area contributed by atoms with Gasteiger partial charge in [0.05, 0.1) is 5.75 Å². The highest BCUT2D eigenvalue weighted by atomic mass is 35.7. The number of hydrogen-bond acceptors (Lipinski definition) is 4. The first-order valence-corrected chi connectivity index (χ1v) is 8.44. The van der Waals surface area contributed by atoms with Gasteiger partial charge in [-0.3, -0.25) is 0 Å². The van der Waals surface area contributed by atoms with Crippen molar-refractivity contribution in [3.8, 4) is 0 Å². The van der Waals surface area contributed by atoms with E-state index in [9.17, 15) is 8.42 Å². The molecule has 0 N–H and O–H groups in total. The fourth-order valence-corrected chi connectivity index (χ4v) is 3.21. The highest BCUT2D eigenvalue weighted by Gasteiger charge is 2.10. The maximum atomic E-state index is 10.7. The van der Waals surface area contributed by atoms with Crippen LogP contribution in [-0.4, -0.2) is 50.2 Å². The van der Waals surface area contributed by atoms with Gasteiger partial charge in [0.25, 0.3) is 0 Å². The van der Waals surface area contributed by atoms with Gasteiger partial charge in [-0.15, -0.1) is 0 Å². The van der Waals surface area contributed by atoms with E-state index in [2.05, 4.69) is 4.90 Å². The van der Waals surface area contributed by atoms with E-state index in [1.165, 1.54) is 12.2 Å². The van der Waals surface area contributed by atoms with E-state index < -0.39 is 9.05 Å². The third-order valence-corrected chi connectivity index (χ3v) is 4.47. The second-order valence-electron chi connectivity index (χ2n) is 3.40. The van der Waals surface area contributed by atoms with Crippen molar-refractivity contribution < 1.29 is 8.42 Å². The van der Waals surface area contributed by atoms with Gasteiger partial charge in [0.2, 0.25) is 9.05 Å². The molecule has 0 aromatic heterocycles. The van der Waals surface area contributed by atoms with E-state index in [0.29, 0.717) is 6.42 Å². The van der Waals surface area contributed by atoms with Crippen LogP contribution in [0.15, 0.2) is 0 Å². The Bertz CT molecular complexity index is 248. The lowest BCUT2D eigenvalue weighted by Gasteiger charge is -2.18. The minimum Gasteiger partial charge on any atom is -0.302 e. The minimum atomic E-state index is -3.29. The average Bonchev–Trinajstić information content (AvgIpc) is 2.30. The van der Waals surface area contributed by atoms with Crippen LogP contribution in [0.3, 0.4) is 0 Å². The van der Waals surface area contributed by atoms with Crippen LogP contribution in [0.1, 0.15) is 12.8 Å². The third kappa shape index (κ3) is 6.11. The van der Waals surface area contributed by atoms with Crippen molar-refractivity contribution in [3.05, 3.63) is 0 Å². The maximum Gasteiger partial charge on any atom is 0.232 e. The SMILES string of the molecule is O=S(=O)(Cl)CCCN1CCCSCC1. The summed E-state index contributed by atoms with van der Waals surface area (Å²) in [6.45, 7) is 3.02. The van der Waals surface area contributed by atoms with Crippen LogP contribution in [0.4, 0.5) is 0 Å². The molecule has 0 spiro atoms. The number of halogens is 1. The molecule has 84 valence electrons. The van der Waals surface area contributed by atoms with E-state index in [-0.39, 0.29) is 5.75 Å². The first kappa shape index (κ1) is 12.6. The van der Waals surface area contributed by atoms with Crippen molar-refractivity contribution in [2.75, 3.05) is 36.9 Å². The van der Waals surface area contributed by atoms with Crippen molar-refractivity contribution >= 4 is 31.5 Å². The van der Waals surface area contributed by atoms with Crippen molar-refractivity contribution in [1.82, 2.24) is 4.90 Å². The zero-order chi connectivity index (χ0) is 10.4. The average molecular weight is 258 g/mol. The van der Waals surface area contributed by atoms with Gasteiger partial charge in [0.15, 0.2) is 0 Å². The Balaban J connectivity index is 2.16. The summed E-state index contributed by atoms with van der Waals surface area (Å²) in [7, 11) is 1.84. The largest absolute Gasteiger partial charge is 0.302 e. The Morgan fingerprint density at radius 2 is 2.07 bits per heavy atom. The highest BCUT2D eigenvalue weighted by molar-refractivity contribution is 8.13. The molecule has 6 heteroatoms. The second kappa shape index (κ2) is 6.20. The van der Waals surface area contributed by atoms with E-state index >= 15 is 0 Å². The molecular weight excluding hydrogens is 242 g/mol.